The highest BCUT2D eigenvalue weighted by Crippen LogP contribution is 2.23. The Morgan fingerprint density at radius 1 is 1.10 bits per heavy atom. The summed E-state index contributed by atoms with van der Waals surface area (Å²) in [4.78, 5) is 31.3. The Labute approximate surface area is 182 Å². The molecule has 2 amide bonds. The molecule has 1 aliphatic heterocycles. The van der Waals surface area contributed by atoms with Crippen LogP contribution in [0.15, 0.2) is 61.1 Å². The number of piperidine rings is 1. The number of nitrogens with one attached hydrogen (secondary N) is 1. The minimum Gasteiger partial charge on any atom is -0.352 e. The van der Waals surface area contributed by atoms with Crippen molar-refractivity contribution in [3.8, 4) is 5.69 Å². The van der Waals surface area contributed by atoms with Crippen LogP contribution in [0.25, 0.3) is 5.69 Å². The van der Waals surface area contributed by atoms with Crippen LogP contribution in [0.1, 0.15) is 40.9 Å². The molecule has 7 nitrogen and oxygen atoms in total. The number of hydrogen-bond donors (Lipinski definition) is 1. The molecule has 31 heavy (non-hydrogen) atoms. The zero-order valence-corrected chi connectivity index (χ0v) is 17.7. The first kappa shape index (κ1) is 20.8. The minimum atomic E-state index is 0.0131. The van der Waals surface area contributed by atoms with E-state index in [0.29, 0.717) is 37.5 Å². The van der Waals surface area contributed by atoms with Gasteiger partial charge in [0.2, 0.25) is 5.91 Å². The number of benzene rings is 1. The average Bonchev–Trinajstić information content (AvgIpc) is 3.20. The predicted molar refractivity (Wildman–Crippen MR) is 118 cm³/mol. The largest absolute Gasteiger partial charge is 0.352 e. The summed E-state index contributed by atoms with van der Waals surface area (Å²) >= 11 is 0. The second-order valence-electron chi connectivity index (χ2n) is 7.99. The highest BCUT2D eigenvalue weighted by atomic mass is 16.2. The quantitative estimate of drug-likeness (QED) is 0.668. The van der Waals surface area contributed by atoms with Gasteiger partial charge in [0.05, 0.1) is 16.9 Å². The maximum absolute atomic E-state index is 13.0. The number of amides is 2. The standard InChI is InChI=1S/C24H27N5O2/c1-18-22(17-29(27-18)21-7-3-2-4-8-21)24(31)28-12-9-19(10-13-28)14-23(30)26-16-20-6-5-11-25-15-20/h2-8,11,15,17,19H,9-10,12-14,16H2,1H3,(H,26,30). The molecule has 0 atom stereocenters. The highest BCUT2D eigenvalue weighted by molar-refractivity contribution is 5.95. The molecule has 3 heterocycles. The van der Waals surface area contributed by atoms with Crippen molar-refractivity contribution in [2.45, 2.75) is 32.7 Å². The van der Waals surface area contributed by atoms with Crippen molar-refractivity contribution in [1.29, 1.82) is 0 Å². The lowest BCUT2D eigenvalue weighted by molar-refractivity contribution is -0.122. The summed E-state index contributed by atoms with van der Waals surface area (Å²) in [6, 6.07) is 13.6. The van der Waals surface area contributed by atoms with Crippen LogP contribution in [0.5, 0.6) is 0 Å². The van der Waals surface area contributed by atoms with Crippen LogP contribution in [-0.2, 0) is 11.3 Å². The van der Waals surface area contributed by atoms with Gasteiger partial charge in [-0.05, 0) is 49.4 Å². The summed E-state index contributed by atoms with van der Waals surface area (Å²) in [6.07, 6.45) is 7.44. The van der Waals surface area contributed by atoms with E-state index in [1.54, 1.807) is 17.1 Å². The van der Waals surface area contributed by atoms with Gasteiger partial charge in [0.25, 0.3) is 5.91 Å². The third-order valence-corrected chi connectivity index (χ3v) is 5.74. The summed E-state index contributed by atoms with van der Waals surface area (Å²) in [5.41, 5.74) is 3.28. The summed E-state index contributed by atoms with van der Waals surface area (Å²) in [7, 11) is 0. The number of likely N-dealkylation sites (tertiary alicyclic amines) is 1. The van der Waals surface area contributed by atoms with Gasteiger partial charge in [-0.25, -0.2) is 4.68 Å². The van der Waals surface area contributed by atoms with Crippen molar-refractivity contribution in [2.75, 3.05) is 13.1 Å². The summed E-state index contributed by atoms with van der Waals surface area (Å²) in [6.45, 7) is 3.69. The third kappa shape index (κ3) is 5.17. The van der Waals surface area contributed by atoms with Crippen LogP contribution < -0.4 is 5.32 Å². The van der Waals surface area contributed by atoms with Crippen LogP contribution in [0, 0.1) is 12.8 Å². The van der Waals surface area contributed by atoms with Crippen molar-refractivity contribution in [2.24, 2.45) is 5.92 Å². The first-order chi connectivity index (χ1) is 15.1. The Bertz CT molecular complexity index is 1020. The monoisotopic (exact) mass is 417 g/mol. The Hall–Kier alpha value is -3.48. The molecule has 160 valence electrons. The number of nitrogens with zero attached hydrogens (tertiary/aromatic N) is 4. The van der Waals surface area contributed by atoms with Gasteiger partial charge < -0.3 is 10.2 Å². The van der Waals surface area contributed by atoms with E-state index in [4.69, 9.17) is 0 Å². The zero-order chi connectivity index (χ0) is 21.6. The Balaban J connectivity index is 1.28. The number of carbonyl (C=O) groups is 2. The molecule has 1 fully saturated rings. The van der Waals surface area contributed by atoms with Crippen molar-refractivity contribution < 1.29 is 9.59 Å². The van der Waals surface area contributed by atoms with Gasteiger partial charge in [0, 0.05) is 44.6 Å². The average molecular weight is 418 g/mol. The molecule has 1 N–H and O–H groups in total. The van der Waals surface area contributed by atoms with Gasteiger partial charge in [-0.2, -0.15) is 5.10 Å². The summed E-state index contributed by atoms with van der Waals surface area (Å²) in [5, 5.41) is 7.47. The van der Waals surface area contributed by atoms with Crippen LogP contribution in [0.2, 0.25) is 0 Å². The minimum absolute atomic E-state index is 0.0131. The van der Waals surface area contributed by atoms with Crippen molar-refractivity contribution in [3.63, 3.8) is 0 Å². The lowest BCUT2D eigenvalue weighted by atomic mass is 9.93. The molecule has 0 radical (unpaired) electrons. The molecule has 7 heteroatoms. The number of pyridine rings is 1. The van der Waals surface area contributed by atoms with Crippen molar-refractivity contribution in [1.82, 2.24) is 25.0 Å². The molecule has 1 saturated heterocycles. The van der Waals surface area contributed by atoms with Gasteiger partial charge in [-0.3, -0.25) is 14.6 Å². The van der Waals surface area contributed by atoms with Crippen LogP contribution in [0.4, 0.5) is 0 Å². The van der Waals surface area contributed by atoms with E-state index in [0.717, 1.165) is 29.8 Å². The van der Waals surface area contributed by atoms with Crippen molar-refractivity contribution >= 4 is 11.8 Å². The van der Waals surface area contributed by atoms with E-state index in [1.807, 2.05) is 60.5 Å². The van der Waals surface area contributed by atoms with Crippen molar-refractivity contribution in [3.05, 3.63) is 77.9 Å². The molecule has 4 rings (SSSR count). The molecule has 0 saturated carbocycles. The maximum atomic E-state index is 13.0. The fraction of sp³-hybridized carbons (Fsp3) is 0.333. The molecule has 2 aromatic heterocycles. The lowest BCUT2D eigenvalue weighted by Gasteiger charge is -2.31. The second kappa shape index (κ2) is 9.55. The van der Waals surface area contributed by atoms with Gasteiger partial charge in [-0.15, -0.1) is 0 Å². The first-order valence-corrected chi connectivity index (χ1v) is 10.7. The lowest BCUT2D eigenvalue weighted by Crippen LogP contribution is -2.39. The number of aryl methyl sites for hydroxylation is 1. The molecular weight excluding hydrogens is 390 g/mol. The van der Waals surface area contributed by atoms with Crippen LogP contribution >= 0.6 is 0 Å². The van der Waals surface area contributed by atoms with E-state index in [1.165, 1.54) is 0 Å². The molecule has 0 aliphatic carbocycles. The smallest absolute Gasteiger partial charge is 0.257 e. The molecule has 1 aromatic carbocycles. The first-order valence-electron chi connectivity index (χ1n) is 10.7. The van der Waals surface area contributed by atoms with E-state index in [2.05, 4.69) is 15.4 Å². The van der Waals surface area contributed by atoms with Gasteiger partial charge in [-0.1, -0.05) is 24.3 Å². The molecule has 0 spiro atoms. The molecule has 1 aliphatic rings. The molecule has 0 unspecified atom stereocenters. The predicted octanol–water partition coefficient (Wildman–Crippen LogP) is 3.13. The van der Waals surface area contributed by atoms with E-state index >= 15 is 0 Å². The zero-order valence-electron chi connectivity index (χ0n) is 17.7. The fourth-order valence-electron chi connectivity index (χ4n) is 3.93. The fourth-order valence-corrected chi connectivity index (χ4v) is 3.93. The van der Waals surface area contributed by atoms with Crippen LogP contribution in [-0.4, -0.2) is 44.6 Å². The molecular formula is C24H27N5O2. The Morgan fingerprint density at radius 3 is 2.58 bits per heavy atom. The normalized spacial score (nSPS) is 14.4. The second-order valence-corrected chi connectivity index (χ2v) is 7.99. The molecule has 0 bridgehead atoms. The summed E-state index contributed by atoms with van der Waals surface area (Å²) in [5.74, 6) is 0.360. The van der Waals surface area contributed by atoms with E-state index in [9.17, 15) is 9.59 Å². The van der Waals surface area contributed by atoms with Gasteiger partial charge >= 0.3 is 0 Å². The number of para-hydroxylation sites is 1. The highest BCUT2D eigenvalue weighted by Gasteiger charge is 2.27. The van der Waals surface area contributed by atoms with Gasteiger partial charge in [0.15, 0.2) is 0 Å². The number of rotatable bonds is 6. The number of hydrogen-bond acceptors (Lipinski definition) is 4. The number of aromatic nitrogens is 3. The third-order valence-electron chi connectivity index (χ3n) is 5.74. The van der Waals surface area contributed by atoms with Gasteiger partial charge in [0.1, 0.15) is 0 Å². The van der Waals surface area contributed by atoms with E-state index in [-0.39, 0.29) is 11.8 Å². The molecule has 3 aromatic rings. The Kier molecular flexibility index (Phi) is 6.40. The van der Waals surface area contributed by atoms with E-state index < -0.39 is 0 Å². The SMILES string of the molecule is Cc1nn(-c2ccccc2)cc1C(=O)N1CCC(CC(=O)NCc2cccnc2)CC1. The number of carbonyl (C=O) groups excluding carboxylic acids is 2. The topological polar surface area (TPSA) is 80.1 Å². The maximum Gasteiger partial charge on any atom is 0.257 e. The Morgan fingerprint density at radius 2 is 1.87 bits per heavy atom. The summed E-state index contributed by atoms with van der Waals surface area (Å²) < 4.78 is 1.75. The van der Waals surface area contributed by atoms with Crippen LogP contribution in [0.3, 0.4) is 0 Å².